The molecule has 5 nitrogen and oxygen atoms in total. The molecule has 9 rings (SSSR count). The zero-order valence-electron chi connectivity index (χ0n) is 24.5. The molecule has 0 aliphatic carbocycles. The maximum absolute atomic E-state index is 6.27. The molecule has 0 fully saturated rings. The van der Waals surface area contributed by atoms with Crippen molar-refractivity contribution in [2.45, 2.75) is 0 Å². The number of rotatable bonds is 5. The van der Waals surface area contributed by atoms with Gasteiger partial charge in [-0.3, -0.25) is 0 Å². The van der Waals surface area contributed by atoms with Crippen molar-refractivity contribution in [1.29, 1.82) is 0 Å². The standard InChI is InChI=1S/C40H24N4OS/c1-4-12-25(13-5-1)37-42-38(26-14-6-2-7-15-26)44-39(43-37)29-19-10-18-28(22-29)30-20-11-21-34-36(30)31-23-33-32(24-35(31)46-34)41-40(45-33)27-16-8-3-9-17-27/h1-24H. The molecule has 46 heavy (non-hydrogen) atoms. The second-order valence-corrected chi connectivity index (χ2v) is 12.2. The Hall–Kier alpha value is -5.98. The molecule has 0 bridgehead atoms. The van der Waals surface area contributed by atoms with Crippen molar-refractivity contribution in [3.05, 3.63) is 146 Å². The summed E-state index contributed by atoms with van der Waals surface area (Å²) in [5, 5.41) is 2.35. The normalized spacial score (nSPS) is 11.5. The van der Waals surface area contributed by atoms with Gasteiger partial charge in [-0.15, -0.1) is 11.3 Å². The first kappa shape index (κ1) is 26.4. The molecule has 0 aliphatic rings. The minimum absolute atomic E-state index is 0.632. The molecule has 6 heteroatoms. The van der Waals surface area contributed by atoms with Gasteiger partial charge in [0.1, 0.15) is 5.52 Å². The van der Waals surface area contributed by atoms with Crippen molar-refractivity contribution >= 4 is 42.6 Å². The zero-order valence-corrected chi connectivity index (χ0v) is 25.3. The lowest BCUT2D eigenvalue weighted by Gasteiger charge is -2.10. The van der Waals surface area contributed by atoms with Crippen molar-refractivity contribution in [1.82, 2.24) is 19.9 Å². The Morgan fingerprint density at radius 2 is 1.00 bits per heavy atom. The second-order valence-electron chi connectivity index (χ2n) is 11.1. The Kier molecular flexibility index (Phi) is 6.25. The third-order valence-electron chi connectivity index (χ3n) is 8.16. The molecule has 0 amide bonds. The Labute approximate surface area is 268 Å². The summed E-state index contributed by atoms with van der Waals surface area (Å²) in [6.45, 7) is 0. The summed E-state index contributed by atoms with van der Waals surface area (Å²) in [7, 11) is 0. The van der Waals surface area contributed by atoms with E-state index in [0.717, 1.165) is 49.9 Å². The number of thiophene rings is 1. The Balaban J connectivity index is 1.19. The second kappa shape index (κ2) is 10.9. The van der Waals surface area contributed by atoms with Crippen molar-refractivity contribution in [2.75, 3.05) is 0 Å². The van der Waals surface area contributed by atoms with Crippen molar-refractivity contribution < 1.29 is 4.42 Å². The maximum atomic E-state index is 6.27. The molecule has 0 saturated carbocycles. The Bertz CT molecular complexity index is 2470. The van der Waals surface area contributed by atoms with Crippen LogP contribution in [0.25, 0.3) is 88.0 Å². The van der Waals surface area contributed by atoms with Crippen LogP contribution in [0.2, 0.25) is 0 Å². The van der Waals surface area contributed by atoms with E-state index in [9.17, 15) is 0 Å². The van der Waals surface area contributed by atoms with Crippen molar-refractivity contribution in [3.63, 3.8) is 0 Å². The van der Waals surface area contributed by atoms with Gasteiger partial charge in [0.05, 0.1) is 0 Å². The van der Waals surface area contributed by atoms with Crippen LogP contribution in [0, 0.1) is 0 Å². The molecular weight excluding hydrogens is 585 g/mol. The van der Waals surface area contributed by atoms with Crippen LogP contribution in [0.15, 0.2) is 150 Å². The fraction of sp³-hybridized carbons (Fsp3) is 0. The van der Waals surface area contributed by atoms with E-state index in [0.29, 0.717) is 23.4 Å². The first-order chi connectivity index (χ1) is 22.8. The summed E-state index contributed by atoms with van der Waals surface area (Å²) in [6, 6.07) is 49.4. The quantitative estimate of drug-likeness (QED) is 0.194. The summed E-state index contributed by atoms with van der Waals surface area (Å²) < 4.78 is 8.66. The molecule has 0 spiro atoms. The lowest BCUT2D eigenvalue weighted by molar-refractivity contribution is 0.620. The lowest BCUT2D eigenvalue weighted by atomic mass is 9.97. The molecule has 0 unspecified atom stereocenters. The fourth-order valence-corrected chi connectivity index (χ4v) is 7.10. The predicted molar refractivity (Wildman–Crippen MR) is 187 cm³/mol. The van der Waals surface area contributed by atoms with Crippen LogP contribution < -0.4 is 0 Å². The van der Waals surface area contributed by atoms with Gasteiger partial charge >= 0.3 is 0 Å². The Morgan fingerprint density at radius 3 is 1.67 bits per heavy atom. The van der Waals surface area contributed by atoms with Crippen LogP contribution in [-0.2, 0) is 0 Å². The minimum Gasteiger partial charge on any atom is -0.436 e. The highest BCUT2D eigenvalue weighted by atomic mass is 32.1. The van der Waals surface area contributed by atoms with Gasteiger partial charge in [0.2, 0.25) is 5.89 Å². The third kappa shape index (κ3) is 4.64. The average Bonchev–Trinajstić information content (AvgIpc) is 3.72. The number of fused-ring (bicyclic) bond motifs is 4. The third-order valence-corrected chi connectivity index (χ3v) is 9.27. The minimum atomic E-state index is 0.632. The van der Waals surface area contributed by atoms with E-state index in [4.69, 9.17) is 24.4 Å². The number of benzene rings is 6. The molecule has 0 saturated heterocycles. The van der Waals surface area contributed by atoms with Crippen LogP contribution in [0.1, 0.15) is 0 Å². The van der Waals surface area contributed by atoms with Crippen LogP contribution in [-0.4, -0.2) is 19.9 Å². The molecule has 9 aromatic rings. The van der Waals surface area contributed by atoms with E-state index < -0.39 is 0 Å². The molecule has 0 radical (unpaired) electrons. The zero-order chi connectivity index (χ0) is 30.5. The lowest BCUT2D eigenvalue weighted by Crippen LogP contribution is -2.00. The predicted octanol–water partition coefficient (Wildman–Crippen LogP) is 10.7. The highest BCUT2D eigenvalue weighted by Gasteiger charge is 2.17. The summed E-state index contributed by atoms with van der Waals surface area (Å²) in [5.74, 6) is 2.56. The average molecular weight is 609 g/mol. The fourth-order valence-electron chi connectivity index (χ4n) is 5.96. The SMILES string of the molecule is c1ccc(-c2nc(-c3ccccc3)nc(-c3cccc(-c4cccc5sc6cc7nc(-c8ccccc8)oc7cc6c45)c3)n2)cc1. The van der Waals surface area contributed by atoms with Crippen LogP contribution in [0.5, 0.6) is 0 Å². The number of oxazole rings is 1. The van der Waals surface area contributed by atoms with Gasteiger partial charge in [-0.2, -0.15) is 0 Å². The summed E-state index contributed by atoms with van der Waals surface area (Å²) in [6.07, 6.45) is 0. The smallest absolute Gasteiger partial charge is 0.227 e. The van der Waals surface area contributed by atoms with Gasteiger partial charge in [-0.05, 0) is 47.5 Å². The monoisotopic (exact) mass is 608 g/mol. The molecule has 0 atom stereocenters. The maximum Gasteiger partial charge on any atom is 0.227 e. The van der Waals surface area contributed by atoms with Crippen molar-refractivity contribution in [3.8, 4) is 56.7 Å². The van der Waals surface area contributed by atoms with Gasteiger partial charge in [0, 0.05) is 42.4 Å². The molecule has 3 heterocycles. The van der Waals surface area contributed by atoms with Gasteiger partial charge in [-0.25, -0.2) is 19.9 Å². The first-order valence-corrected chi connectivity index (χ1v) is 15.9. The van der Waals surface area contributed by atoms with Crippen LogP contribution in [0.3, 0.4) is 0 Å². The van der Waals surface area contributed by atoms with Gasteiger partial charge in [0.15, 0.2) is 23.1 Å². The Morgan fingerprint density at radius 1 is 0.435 bits per heavy atom. The van der Waals surface area contributed by atoms with E-state index in [1.807, 2.05) is 91.0 Å². The van der Waals surface area contributed by atoms with Crippen molar-refractivity contribution in [2.24, 2.45) is 0 Å². The molecule has 216 valence electrons. The number of aromatic nitrogens is 4. The highest BCUT2D eigenvalue weighted by molar-refractivity contribution is 7.26. The topological polar surface area (TPSA) is 64.7 Å². The van der Waals surface area contributed by atoms with Gasteiger partial charge in [-0.1, -0.05) is 109 Å². The van der Waals surface area contributed by atoms with E-state index in [1.165, 1.54) is 14.8 Å². The van der Waals surface area contributed by atoms with Gasteiger partial charge in [0.25, 0.3) is 0 Å². The van der Waals surface area contributed by atoms with E-state index in [2.05, 4.69) is 54.6 Å². The molecule has 0 N–H and O–H groups in total. The van der Waals surface area contributed by atoms with E-state index >= 15 is 0 Å². The number of hydrogen-bond acceptors (Lipinski definition) is 6. The molecule has 3 aromatic heterocycles. The highest BCUT2D eigenvalue weighted by Crippen LogP contribution is 2.42. The van der Waals surface area contributed by atoms with Crippen LogP contribution >= 0.6 is 11.3 Å². The largest absolute Gasteiger partial charge is 0.436 e. The molecule has 0 aliphatic heterocycles. The summed E-state index contributed by atoms with van der Waals surface area (Å²) >= 11 is 1.78. The summed E-state index contributed by atoms with van der Waals surface area (Å²) in [5.41, 5.74) is 7.67. The first-order valence-electron chi connectivity index (χ1n) is 15.1. The van der Waals surface area contributed by atoms with E-state index in [-0.39, 0.29) is 0 Å². The van der Waals surface area contributed by atoms with Crippen LogP contribution in [0.4, 0.5) is 0 Å². The summed E-state index contributed by atoms with van der Waals surface area (Å²) in [4.78, 5) is 19.6. The van der Waals surface area contributed by atoms with E-state index in [1.54, 1.807) is 11.3 Å². The van der Waals surface area contributed by atoms with Gasteiger partial charge < -0.3 is 4.42 Å². The molecular formula is C40H24N4OS. The number of nitrogens with zero attached hydrogens (tertiary/aromatic N) is 4. The molecule has 6 aromatic carbocycles. The number of hydrogen-bond donors (Lipinski definition) is 0.